The zero-order chi connectivity index (χ0) is 12.2. The lowest BCUT2D eigenvalue weighted by Crippen LogP contribution is -2.09. The first kappa shape index (κ1) is 15.9. The SMILES string of the molecule is CCCCP(CCCC)C(CC#N)CCC. The standard InChI is InChI=1S/C14H28NP/c1-4-7-12-16(13-8-5-2)14(9-6-3)10-11-15/h14H,4-10,12-13H2,1-3H3. The van der Waals surface area contributed by atoms with E-state index in [-0.39, 0.29) is 7.92 Å². The molecule has 0 bridgehead atoms. The maximum absolute atomic E-state index is 8.92. The van der Waals surface area contributed by atoms with Gasteiger partial charge < -0.3 is 0 Å². The van der Waals surface area contributed by atoms with E-state index in [2.05, 4.69) is 26.8 Å². The highest BCUT2D eigenvalue weighted by Gasteiger charge is 2.18. The maximum atomic E-state index is 8.92. The van der Waals surface area contributed by atoms with Gasteiger partial charge in [-0.2, -0.15) is 5.26 Å². The van der Waals surface area contributed by atoms with Gasteiger partial charge in [-0.3, -0.25) is 0 Å². The summed E-state index contributed by atoms with van der Waals surface area (Å²) in [5.74, 6) is 0. The van der Waals surface area contributed by atoms with Gasteiger partial charge in [0.25, 0.3) is 0 Å². The Morgan fingerprint density at radius 1 is 1.00 bits per heavy atom. The molecule has 0 saturated heterocycles. The monoisotopic (exact) mass is 241 g/mol. The Labute approximate surface area is 103 Å². The van der Waals surface area contributed by atoms with E-state index >= 15 is 0 Å². The average Bonchev–Trinajstić information content (AvgIpc) is 2.29. The minimum absolute atomic E-state index is 0.130. The van der Waals surface area contributed by atoms with Crippen LogP contribution in [-0.2, 0) is 0 Å². The lowest BCUT2D eigenvalue weighted by atomic mass is 10.2. The molecule has 16 heavy (non-hydrogen) atoms. The Morgan fingerprint density at radius 2 is 1.56 bits per heavy atom. The van der Waals surface area contributed by atoms with Gasteiger partial charge in [0.1, 0.15) is 0 Å². The average molecular weight is 241 g/mol. The van der Waals surface area contributed by atoms with Crippen molar-refractivity contribution in [2.24, 2.45) is 0 Å². The van der Waals surface area contributed by atoms with Crippen molar-refractivity contribution in [2.45, 2.75) is 71.4 Å². The molecule has 0 N–H and O–H groups in total. The van der Waals surface area contributed by atoms with Crippen molar-refractivity contribution < 1.29 is 0 Å². The third kappa shape index (κ3) is 7.24. The van der Waals surface area contributed by atoms with Crippen molar-refractivity contribution in [1.82, 2.24) is 0 Å². The highest BCUT2D eigenvalue weighted by atomic mass is 31.1. The molecule has 0 aromatic heterocycles. The Kier molecular flexibility index (Phi) is 11.3. The normalized spacial score (nSPS) is 12.7. The first-order valence-corrected chi connectivity index (χ1v) is 8.69. The van der Waals surface area contributed by atoms with E-state index in [9.17, 15) is 0 Å². The smallest absolute Gasteiger partial charge is 0.0628 e. The lowest BCUT2D eigenvalue weighted by molar-refractivity contribution is 0.730. The molecule has 0 saturated carbocycles. The van der Waals surface area contributed by atoms with Crippen molar-refractivity contribution in [3.8, 4) is 6.07 Å². The molecule has 0 aromatic carbocycles. The number of unbranched alkanes of at least 4 members (excludes halogenated alkanes) is 2. The third-order valence-electron chi connectivity index (χ3n) is 3.06. The molecule has 0 heterocycles. The van der Waals surface area contributed by atoms with Crippen LogP contribution in [0.5, 0.6) is 0 Å². The molecule has 0 aliphatic carbocycles. The van der Waals surface area contributed by atoms with Crippen LogP contribution in [0.15, 0.2) is 0 Å². The zero-order valence-corrected chi connectivity index (χ0v) is 12.2. The van der Waals surface area contributed by atoms with Crippen LogP contribution in [0.2, 0.25) is 0 Å². The minimum atomic E-state index is 0.130. The van der Waals surface area contributed by atoms with Crippen LogP contribution in [0, 0.1) is 11.3 Å². The highest BCUT2D eigenvalue weighted by Crippen LogP contribution is 2.46. The van der Waals surface area contributed by atoms with Crippen LogP contribution < -0.4 is 0 Å². The summed E-state index contributed by atoms with van der Waals surface area (Å²) in [6, 6.07) is 2.40. The largest absolute Gasteiger partial charge is 0.198 e. The molecule has 0 rings (SSSR count). The lowest BCUT2D eigenvalue weighted by Gasteiger charge is -2.26. The van der Waals surface area contributed by atoms with E-state index in [0.717, 1.165) is 12.1 Å². The van der Waals surface area contributed by atoms with Gasteiger partial charge in [0.2, 0.25) is 0 Å². The van der Waals surface area contributed by atoms with Crippen LogP contribution >= 0.6 is 7.92 Å². The first-order valence-electron chi connectivity index (χ1n) is 6.91. The van der Waals surface area contributed by atoms with Gasteiger partial charge >= 0.3 is 0 Å². The molecule has 0 aromatic rings. The van der Waals surface area contributed by atoms with E-state index in [4.69, 9.17) is 5.26 Å². The van der Waals surface area contributed by atoms with Crippen molar-refractivity contribution in [3.05, 3.63) is 0 Å². The fourth-order valence-electron chi connectivity index (χ4n) is 2.05. The highest BCUT2D eigenvalue weighted by molar-refractivity contribution is 7.58. The molecule has 2 heteroatoms. The van der Waals surface area contributed by atoms with E-state index in [1.807, 2.05) is 0 Å². The van der Waals surface area contributed by atoms with Crippen molar-refractivity contribution in [3.63, 3.8) is 0 Å². The molecule has 0 fully saturated rings. The Hall–Kier alpha value is -0.0800. The number of nitrogens with zero attached hydrogens (tertiary/aromatic N) is 1. The summed E-state index contributed by atoms with van der Waals surface area (Å²) < 4.78 is 0. The Morgan fingerprint density at radius 3 is 1.94 bits per heavy atom. The fourth-order valence-corrected chi connectivity index (χ4v) is 5.41. The van der Waals surface area contributed by atoms with Gasteiger partial charge in [0.05, 0.1) is 6.07 Å². The fraction of sp³-hybridized carbons (Fsp3) is 0.929. The predicted octanol–water partition coefficient (Wildman–Crippen LogP) is 5.15. The molecule has 94 valence electrons. The van der Waals surface area contributed by atoms with Crippen LogP contribution in [-0.4, -0.2) is 18.0 Å². The molecule has 0 aliphatic rings. The van der Waals surface area contributed by atoms with E-state index < -0.39 is 0 Å². The van der Waals surface area contributed by atoms with Gasteiger partial charge in [-0.15, -0.1) is 7.92 Å². The molecule has 0 spiro atoms. The second kappa shape index (κ2) is 11.4. The van der Waals surface area contributed by atoms with Crippen LogP contribution in [0.1, 0.15) is 65.7 Å². The second-order valence-corrected chi connectivity index (χ2v) is 7.35. The van der Waals surface area contributed by atoms with E-state index in [1.54, 1.807) is 0 Å². The summed E-state index contributed by atoms with van der Waals surface area (Å²) in [6.45, 7) is 6.79. The van der Waals surface area contributed by atoms with Gasteiger partial charge in [-0.1, -0.05) is 40.0 Å². The second-order valence-electron chi connectivity index (χ2n) is 4.55. The van der Waals surface area contributed by atoms with Crippen molar-refractivity contribution in [2.75, 3.05) is 12.3 Å². The molecule has 0 amide bonds. The van der Waals surface area contributed by atoms with E-state index in [0.29, 0.717) is 0 Å². The molecular weight excluding hydrogens is 213 g/mol. The summed E-state index contributed by atoms with van der Waals surface area (Å²) in [5.41, 5.74) is 0.725. The summed E-state index contributed by atoms with van der Waals surface area (Å²) in [5, 5.41) is 8.92. The molecule has 1 atom stereocenters. The number of nitriles is 1. The Bertz CT molecular complexity index is 178. The van der Waals surface area contributed by atoms with Crippen LogP contribution in [0.3, 0.4) is 0 Å². The zero-order valence-electron chi connectivity index (χ0n) is 11.3. The van der Waals surface area contributed by atoms with E-state index in [1.165, 1.54) is 50.8 Å². The maximum Gasteiger partial charge on any atom is 0.0628 e. The topological polar surface area (TPSA) is 23.8 Å². The molecule has 1 nitrogen and oxygen atoms in total. The summed E-state index contributed by atoms with van der Waals surface area (Å²) in [6.07, 6.45) is 11.4. The quantitative estimate of drug-likeness (QED) is 0.485. The van der Waals surface area contributed by atoms with Crippen molar-refractivity contribution >= 4 is 7.92 Å². The Balaban J connectivity index is 4.22. The van der Waals surface area contributed by atoms with Gasteiger partial charge in [-0.25, -0.2) is 0 Å². The minimum Gasteiger partial charge on any atom is -0.198 e. The molecule has 0 aliphatic heterocycles. The van der Waals surface area contributed by atoms with Crippen molar-refractivity contribution in [1.29, 1.82) is 5.26 Å². The number of rotatable bonds is 10. The molecule has 0 radical (unpaired) electrons. The summed E-state index contributed by atoms with van der Waals surface area (Å²) in [7, 11) is 0.130. The summed E-state index contributed by atoms with van der Waals surface area (Å²) in [4.78, 5) is 0. The number of hydrogen-bond donors (Lipinski definition) is 0. The third-order valence-corrected chi connectivity index (χ3v) is 6.32. The predicted molar refractivity (Wildman–Crippen MR) is 75.4 cm³/mol. The van der Waals surface area contributed by atoms with Gasteiger partial charge in [0, 0.05) is 6.42 Å². The van der Waals surface area contributed by atoms with Crippen LogP contribution in [0.25, 0.3) is 0 Å². The number of hydrogen-bond acceptors (Lipinski definition) is 1. The molecular formula is C14H28NP. The molecule has 1 unspecified atom stereocenters. The first-order chi connectivity index (χ1) is 7.79. The summed E-state index contributed by atoms with van der Waals surface area (Å²) >= 11 is 0. The van der Waals surface area contributed by atoms with Crippen LogP contribution in [0.4, 0.5) is 0 Å². The van der Waals surface area contributed by atoms with Gasteiger partial charge in [-0.05, 0) is 37.2 Å². The van der Waals surface area contributed by atoms with Gasteiger partial charge in [0.15, 0.2) is 0 Å².